The predicted octanol–water partition coefficient (Wildman–Crippen LogP) is 1.66. The number of rotatable bonds is 5. The Labute approximate surface area is 148 Å². The number of benzene rings is 1. The molecule has 2 atom stereocenters. The standard InChI is InChI=1S/C18H28FN5O/c1-12(2)24-10-13(3)16(11-24)23-18(20-4)21-9-17(25)22-15-7-5-6-14(19)8-15/h5-8,12-13,16H,9-11H2,1-4H3,(H,22,25)(H2,20,21,23). The van der Waals surface area contributed by atoms with Crippen molar-refractivity contribution in [2.45, 2.75) is 32.9 Å². The Morgan fingerprint density at radius 2 is 2.16 bits per heavy atom. The number of carbonyl (C=O) groups excluding carboxylic acids is 1. The van der Waals surface area contributed by atoms with E-state index in [2.05, 4.69) is 46.6 Å². The van der Waals surface area contributed by atoms with Crippen LogP contribution in [0.2, 0.25) is 0 Å². The molecule has 7 heteroatoms. The van der Waals surface area contributed by atoms with E-state index in [1.165, 1.54) is 12.1 Å². The molecule has 6 nitrogen and oxygen atoms in total. The molecule has 1 aliphatic heterocycles. The van der Waals surface area contributed by atoms with Gasteiger partial charge in [0.15, 0.2) is 5.96 Å². The van der Waals surface area contributed by atoms with Crippen molar-refractivity contribution in [3.63, 3.8) is 0 Å². The molecule has 1 saturated heterocycles. The number of anilines is 1. The van der Waals surface area contributed by atoms with Crippen LogP contribution in [0, 0.1) is 11.7 Å². The first-order valence-electron chi connectivity index (χ1n) is 8.65. The summed E-state index contributed by atoms with van der Waals surface area (Å²) in [5, 5.41) is 9.05. The summed E-state index contributed by atoms with van der Waals surface area (Å²) in [5.41, 5.74) is 0.437. The average molecular weight is 349 g/mol. The largest absolute Gasteiger partial charge is 0.352 e. The minimum Gasteiger partial charge on any atom is -0.352 e. The lowest BCUT2D eigenvalue weighted by Gasteiger charge is -2.21. The Bertz CT molecular complexity index is 619. The highest BCUT2D eigenvalue weighted by molar-refractivity contribution is 5.95. The smallest absolute Gasteiger partial charge is 0.243 e. The van der Waals surface area contributed by atoms with Gasteiger partial charge in [-0.1, -0.05) is 13.0 Å². The van der Waals surface area contributed by atoms with Gasteiger partial charge in [-0.05, 0) is 38.0 Å². The Balaban J connectivity index is 1.81. The summed E-state index contributed by atoms with van der Waals surface area (Å²) < 4.78 is 13.1. The molecule has 1 fully saturated rings. The summed E-state index contributed by atoms with van der Waals surface area (Å²) in [6, 6.07) is 6.63. The van der Waals surface area contributed by atoms with Crippen molar-refractivity contribution in [1.82, 2.24) is 15.5 Å². The quantitative estimate of drug-likeness (QED) is 0.559. The highest BCUT2D eigenvalue weighted by Crippen LogP contribution is 2.18. The van der Waals surface area contributed by atoms with Crippen molar-refractivity contribution in [1.29, 1.82) is 0 Å². The lowest BCUT2D eigenvalue weighted by Crippen LogP contribution is -2.48. The van der Waals surface area contributed by atoms with E-state index in [0.717, 1.165) is 13.1 Å². The van der Waals surface area contributed by atoms with E-state index in [9.17, 15) is 9.18 Å². The number of nitrogens with zero attached hydrogens (tertiary/aromatic N) is 2. The van der Waals surface area contributed by atoms with Gasteiger partial charge in [0.2, 0.25) is 5.91 Å². The van der Waals surface area contributed by atoms with Crippen LogP contribution in [-0.2, 0) is 4.79 Å². The zero-order valence-corrected chi connectivity index (χ0v) is 15.3. The van der Waals surface area contributed by atoms with Gasteiger partial charge in [0.05, 0.1) is 6.54 Å². The highest BCUT2D eigenvalue weighted by Gasteiger charge is 2.31. The Hall–Kier alpha value is -2.15. The molecule has 3 N–H and O–H groups in total. The van der Waals surface area contributed by atoms with E-state index < -0.39 is 0 Å². The average Bonchev–Trinajstić information content (AvgIpc) is 2.92. The molecule has 1 aromatic carbocycles. The maximum Gasteiger partial charge on any atom is 0.243 e. The number of hydrogen-bond donors (Lipinski definition) is 3. The molecule has 1 aliphatic rings. The summed E-state index contributed by atoms with van der Waals surface area (Å²) in [5.74, 6) is 0.462. The summed E-state index contributed by atoms with van der Waals surface area (Å²) in [6.45, 7) is 8.66. The number of halogens is 1. The predicted molar refractivity (Wildman–Crippen MR) is 99.2 cm³/mol. The van der Waals surface area contributed by atoms with Crippen LogP contribution in [0.1, 0.15) is 20.8 Å². The maximum absolute atomic E-state index is 13.1. The van der Waals surface area contributed by atoms with Crippen molar-refractivity contribution < 1.29 is 9.18 Å². The summed E-state index contributed by atoms with van der Waals surface area (Å²) in [4.78, 5) is 18.6. The zero-order valence-electron chi connectivity index (χ0n) is 15.3. The zero-order chi connectivity index (χ0) is 18.4. The maximum atomic E-state index is 13.1. The molecule has 0 bridgehead atoms. The molecule has 0 aromatic heterocycles. The van der Waals surface area contributed by atoms with Crippen LogP contribution < -0.4 is 16.0 Å². The van der Waals surface area contributed by atoms with Gasteiger partial charge >= 0.3 is 0 Å². The number of guanidine groups is 1. The third-order valence-electron chi connectivity index (χ3n) is 4.44. The molecular weight excluding hydrogens is 321 g/mol. The molecule has 0 saturated carbocycles. The van der Waals surface area contributed by atoms with Gasteiger partial charge in [-0.3, -0.25) is 14.7 Å². The first-order chi connectivity index (χ1) is 11.9. The fraction of sp³-hybridized carbons (Fsp3) is 0.556. The van der Waals surface area contributed by atoms with E-state index in [1.54, 1.807) is 19.2 Å². The number of amides is 1. The van der Waals surface area contributed by atoms with Gasteiger partial charge in [-0.25, -0.2) is 4.39 Å². The number of aliphatic imine (C=N–C) groups is 1. The normalized spacial score (nSPS) is 21.4. The van der Waals surface area contributed by atoms with Gasteiger partial charge in [0.1, 0.15) is 5.82 Å². The Morgan fingerprint density at radius 3 is 2.76 bits per heavy atom. The van der Waals surface area contributed by atoms with Gasteiger partial charge in [0, 0.05) is 37.9 Å². The highest BCUT2D eigenvalue weighted by atomic mass is 19.1. The number of carbonyl (C=O) groups is 1. The van der Waals surface area contributed by atoms with Crippen molar-refractivity contribution in [3.8, 4) is 0 Å². The van der Waals surface area contributed by atoms with E-state index >= 15 is 0 Å². The van der Waals surface area contributed by atoms with Crippen LogP contribution in [0.4, 0.5) is 10.1 Å². The van der Waals surface area contributed by atoms with E-state index in [-0.39, 0.29) is 18.3 Å². The molecule has 1 amide bonds. The van der Waals surface area contributed by atoms with E-state index in [1.807, 2.05) is 0 Å². The molecule has 0 radical (unpaired) electrons. The SMILES string of the molecule is CN=C(NCC(=O)Nc1cccc(F)c1)NC1CN(C(C)C)CC1C. The van der Waals surface area contributed by atoms with Crippen molar-refractivity contribution in [3.05, 3.63) is 30.1 Å². The molecule has 1 heterocycles. The number of nitrogens with one attached hydrogen (secondary N) is 3. The van der Waals surface area contributed by atoms with E-state index in [4.69, 9.17) is 0 Å². The second kappa shape index (κ2) is 8.80. The van der Waals surface area contributed by atoms with Gasteiger partial charge in [0.25, 0.3) is 0 Å². The first-order valence-corrected chi connectivity index (χ1v) is 8.65. The van der Waals surface area contributed by atoms with Crippen LogP contribution in [0.25, 0.3) is 0 Å². The van der Waals surface area contributed by atoms with Gasteiger partial charge < -0.3 is 16.0 Å². The topological polar surface area (TPSA) is 68.8 Å². The molecular formula is C18H28FN5O. The fourth-order valence-corrected chi connectivity index (χ4v) is 2.92. The van der Waals surface area contributed by atoms with E-state index in [0.29, 0.717) is 29.6 Å². The van der Waals surface area contributed by atoms with Crippen LogP contribution in [-0.4, -0.2) is 55.5 Å². The number of likely N-dealkylation sites (tertiary alicyclic amines) is 1. The van der Waals surface area contributed by atoms with Gasteiger partial charge in [-0.2, -0.15) is 0 Å². The second-order valence-corrected chi connectivity index (χ2v) is 6.76. The molecule has 2 rings (SSSR count). The molecule has 1 aromatic rings. The Kier molecular flexibility index (Phi) is 6.75. The third-order valence-corrected chi connectivity index (χ3v) is 4.44. The summed E-state index contributed by atoms with van der Waals surface area (Å²) in [7, 11) is 1.68. The second-order valence-electron chi connectivity index (χ2n) is 6.76. The van der Waals surface area contributed by atoms with Crippen molar-refractivity contribution in [2.24, 2.45) is 10.9 Å². The molecule has 0 aliphatic carbocycles. The third kappa shape index (κ3) is 5.70. The minimum absolute atomic E-state index is 0.0607. The van der Waals surface area contributed by atoms with Crippen molar-refractivity contribution >= 4 is 17.6 Å². The number of hydrogen-bond acceptors (Lipinski definition) is 3. The molecule has 138 valence electrons. The summed E-state index contributed by atoms with van der Waals surface area (Å²) in [6.07, 6.45) is 0. The lowest BCUT2D eigenvalue weighted by atomic mass is 10.1. The van der Waals surface area contributed by atoms with Crippen molar-refractivity contribution in [2.75, 3.05) is 32.0 Å². The molecule has 0 spiro atoms. The van der Waals surface area contributed by atoms with Crippen LogP contribution in [0.3, 0.4) is 0 Å². The molecule has 25 heavy (non-hydrogen) atoms. The molecule has 2 unspecified atom stereocenters. The first kappa shape index (κ1) is 19.2. The minimum atomic E-state index is -0.381. The summed E-state index contributed by atoms with van der Waals surface area (Å²) >= 11 is 0. The fourth-order valence-electron chi connectivity index (χ4n) is 2.92. The Morgan fingerprint density at radius 1 is 1.40 bits per heavy atom. The van der Waals surface area contributed by atoms with Crippen LogP contribution >= 0.6 is 0 Å². The van der Waals surface area contributed by atoms with Crippen LogP contribution in [0.15, 0.2) is 29.3 Å². The van der Waals surface area contributed by atoms with Crippen LogP contribution in [0.5, 0.6) is 0 Å². The monoisotopic (exact) mass is 349 g/mol. The lowest BCUT2D eigenvalue weighted by molar-refractivity contribution is -0.115. The van der Waals surface area contributed by atoms with Gasteiger partial charge in [-0.15, -0.1) is 0 Å².